The standard InChI is InChI=1S/C12H16O2/c1-8-5-6-9(2)12(11(8)4)14-7-10(3)13/h5-6H,7H2,1-4H3. The molecule has 0 radical (unpaired) electrons. The van der Waals surface area contributed by atoms with E-state index in [1.54, 1.807) is 0 Å². The molecule has 0 saturated carbocycles. The highest BCUT2D eigenvalue weighted by Crippen LogP contribution is 2.25. The van der Waals surface area contributed by atoms with Crippen molar-refractivity contribution in [3.8, 4) is 5.75 Å². The van der Waals surface area contributed by atoms with Crippen LogP contribution in [0, 0.1) is 20.8 Å². The molecule has 0 aliphatic rings. The minimum absolute atomic E-state index is 0.0466. The van der Waals surface area contributed by atoms with Crippen LogP contribution in [0.15, 0.2) is 12.1 Å². The maximum Gasteiger partial charge on any atom is 0.167 e. The van der Waals surface area contributed by atoms with Gasteiger partial charge in [0.15, 0.2) is 5.78 Å². The molecule has 0 aliphatic heterocycles. The van der Waals surface area contributed by atoms with Crippen LogP contribution >= 0.6 is 0 Å². The normalized spacial score (nSPS) is 10.0. The fraction of sp³-hybridized carbons (Fsp3) is 0.417. The van der Waals surface area contributed by atoms with Crippen LogP contribution in [0.5, 0.6) is 5.75 Å². The number of Topliss-reactive ketones (excluding diaryl/α,β-unsaturated/α-hetero) is 1. The molecule has 1 aromatic rings. The van der Waals surface area contributed by atoms with Crippen molar-refractivity contribution in [1.82, 2.24) is 0 Å². The van der Waals surface area contributed by atoms with Crippen molar-refractivity contribution in [3.05, 3.63) is 28.8 Å². The molecular weight excluding hydrogens is 176 g/mol. The molecule has 0 spiro atoms. The number of aryl methyl sites for hydroxylation is 2. The van der Waals surface area contributed by atoms with Gasteiger partial charge in [-0.3, -0.25) is 4.79 Å². The summed E-state index contributed by atoms with van der Waals surface area (Å²) in [6.07, 6.45) is 0. The van der Waals surface area contributed by atoms with Gasteiger partial charge in [-0.2, -0.15) is 0 Å². The Balaban J connectivity index is 2.95. The maximum atomic E-state index is 10.8. The van der Waals surface area contributed by atoms with Crippen molar-refractivity contribution in [2.45, 2.75) is 27.7 Å². The second-order valence-corrected chi connectivity index (χ2v) is 3.64. The lowest BCUT2D eigenvalue weighted by Crippen LogP contribution is -2.08. The van der Waals surface area contributed by atoms with Crippen LogP contribution in [0.3, 0.4) is 0 Å². The lowest BCUT2D eigenvalue weighted by atomic mass is 10.1. The summed E-state index contributed by atoms with van der Waals surface area (Å²) < 4.78 is 5.46. The molecule has 1 aromatic carbocycles. The molecule has 0 atom stereocenters. The monoisotopic (exact) mass is 192 g/mol. The van der Waals surface area contributed by atoms with Crippen LogP contribution in [0.4, 0.5) is 0 Å². The summed E-state index contributed by atoms with van der Waals surface area (Å²) in [6.45, 7) is 7.72. The Kier molecular flexibility index (Phi) is 3.28. The third-order valence-corrected chi connectivity index (χ3v) is 2.29. The fourth-order valence-corrected chi connectivity index (χ4v) is 1.32. The Bertz CT molecular complexity index is 354. The number of ether oxygens (including phenoxy) is 1. The predicted octanol–water partition coefficient (Wildman–Crippen LogP) is 2.58. The number of rotatable bonds is 3. The van der Waals surface area contributed by atoms with E-state index in [1.165, 1.54) is 12.5 Å². The molecule has 0 bridgehead atoms. The van der Waals surface area contributed by atoms with Gasteiger partial charge in [0, 0.05) is 0 Å². The van der Waals surface area contributed by atoms with Crippen LogP contribution in [-0.4, -0.2) is 12.4 Å². The minimum atomic E-state index is 0.0466. The first-order valence-corrected chi connectivity index (χ1v) is 4.71. The average molecular weight is 192 g/mol. The van der Waals surface area contributed by atoms with Gasteiger partial charge in [-0.1, -0.05) is 12.1 Å². The molecule has 0 N–H and O–H groups in total. The van der Waals surface area contributed by atoms with Gasteiger partial charge in [0.2, 0.25) is 0 Å². The topological polar surface area (TPSA) is 26.3 Å². The Labute approximate surface area is 84.9 Å². The molecular formula is C12H16O2. The minimum Gasteiger partial charge on any atom is -0.485 e. The summed E-state index contributed by atoms with van der Waals surface area (Å²) in [5.41, 5.74) is 3.38. The van der Waals surface area contributed by atoms with E-state index in [-0.39, 0.29) is 12.4 Å². The van der Waals surface area contributed by atoms with Crippen LogP contribution in [-0.2, 0) is 4.79 Å². The van der Waals surface area contributed by atoms with Gasteiger partial charge in [0.1, 0.15) is 12.4 Å². The van der Waals surface area contributed by atoms with Crippen molar-refractivity contribution in [2.75, 3.05) is 6.61 Å². The SMILES string of the molecule is CC(=O)COc1c(C)ccc(C)c1C. The quantitative estimate of drug-likeness (QED) is 0.735. The highest BCUT2D eigenvalue weighted by atomic mass is 16.5. The Morgan fingerprint density at radius 2 is 1.79 bits per heavy atom. The van der Waals surface area contributed by atoms with Crippen LogP contribution < -0.4 is 4.74 Å². The first kappa shape index (κ1) is 10.8. The van der Waals surface area contributed by atoms with Gasteiger partial charge >= 0.3 is 0 Å². The molecule has 0 heterocycles. The number of carbonyl (C=O) groups is 1. The molecule has 0 saturated heterocycles. The Hall–Kier alpha value is -1.31. The van der Waals surface area contributed by atoms with E-state index in [0.717, 1.165) is 16.9 Å². The first-order chi connectivity index (χ1) is 6.52. The third kappa shape index (κ3) is 2.34. The Morgan fingerprint density at radius 3 is 2.36 bits per heavy atom. The van der Waals surface area contributed by atoms with Crippen molar-refractivity contribution in [3.63, 3.8) is 0 Å². The van der Waals surface area contributed by atoms with Crippen molar-refractivity contribution in [2.24, 2.45) is 0 Å². The van der Waals surface area contributed by atoms with E-state index >= 15 is 0 Å². The Morgan fingerprint density at radius 1 is 1.21 bits per heavy atom. The molecule has 2 heteroatoms. The van der Waals surface area contributed by atoms with Crippen LogP contribution in [0.25, 0.3) is 0 Å². The lowest BCUT2D eigenvalue weighted by Gasteiger charge is -2.12. The predicted molar refractivity (Wildman–Crippen MR) is 56.8 cm³/mol. The number of ketones is 1. The fourth-order valence-electron chi connectivity index (χ4n) is 1.32. The second-order valence-electron chi connectivity index (χ2n) is 3.64. The van der Waals surface area contributed by atoms with E-state index in [9.17, 15) is 4.79 Å². The van der Waals surface area contributed by atoms with Crippen molar-refractivity contribution >= 4 is 5.78 Å². The van der Waals surface area contributed by atoms with Gasteiger partial charge in [0.25, 0.3) is 0 Å². The molecule has 1 rings (SSSR count). The molecule has 0 aromatic heterocycles. The van der Waals surface area contributed by atoms with E-state index in [1.807, 2.05) is 26.8 Å². The highest BCUT2D eigenvalue weighted by molar-refractivity contribution is 5.77. The molecule has 0 aliphatic carbocycles. The van der Waals surface area contributed by atoms with E-state index in [4.69, 9.17) is 4.74 Å². The van der Waals surface area contributed by atoms with E-state index in [2.05, 4.69) is 6.07 Å². The molecule has 76 valence electrons. The number of benzene rings is 1. The number of hydrogen-bond acceptors (Lipinski definition) is 2. The maximum absolute atomic E-state index is 10.8. The second kappa shape index (κ2) is 4.27. The smallest absolute Gasteiger partial charge is 0.167 e. The molecule has 2 nitrogen and oxygen atoms in total. The van der Waals surface area contributed by atoms with Gasteiger partial charge in [-0.25, -0.2) is 0 Å². The zero-order chi connectivity index (χ0) is 10.7. The lowest BCUT2D eigenvalue weighted by molar-refractivity contribution is -0.118. The number of hydrogen-bond donors (Lipinski definition) is 0. The van der Waals surface area contributed by atoms with Gasteiger partial charge in [-0.05, 0) is 44.4 Å². The van der Waals surface area contributed by atoms with Crippen LogP contribution in [0.1, 0.15) is 23.6 Å². The van der Waals surface area contributed by atoms with E-state index < -0.39 is 0 Å². The van der Waals surface area contributed by atoms with Crippen molar-refractivity contribution < 1.29 is 9.53 Å². The highest BCUT2D eigenvalue weighted by Gasteiger charge is 2.06. The summed E-state index contributed by atoms with van der Waals surface area (Å²) >= 11 is 0. The molecule has 0 amide bonds. The van der Waals surface area contributed by atoms with Crippen LogP contribution in [0.2, 0.25) is 0 Å². The van der Waals surface area contributed by atoms with Gasteiger partial charge in [-0.15, -0.1) is 0 Å². The molecule has 0 fully saturated rings. The summed E-state index contributed by atoms with van der Waals surface area (Å²) in [5, 5.41) is 0. The molecule has 14 heavy (non-hydrogen) atoms. The largest absolute Gasteiger partial charge is 0.485 e. The average Bonchev–Trinajstić information content (AvgIpc) is 2.11. The summed E-state index contributed by atoms with van der Waals surface area (Å²) in [6, 6.07) is 4.07. The third-order valence-electron chi connectivity index (χ3n) is 2.29. The summed E-state index contributed by atoms with van der Waals surface area (Å²) in [7, 11) is 0. The molecule has 0 unspecified atom stereocenters. The van der Waals surface area contributed by atoms with Gasteiger partial charge < -0.3 is 4.74 Å². The zero-order valence-electron chi connectivity index (χ0n) is 9.18. The number of carbonyl (C=O) groups excluding carboxylic acids is 1. The van der Waals surface area contributed by atoms with Crippen molar-refractivity contribution in [1.29, 1.82) is 0 Å². The summed E-state index contributed by atoms with van der Waals surface area (Å²) in [5.74, 6) is 0.894. The van der Waals surface area contributed by atoms with Gasteiger partial charge in [0.05, 0.1) is 0 Å². The van der Waals surface area contributed by atoms with E-state index in [0.29, 0.717) is 0 Å². The summed E-state index contributed by atoms with van der Waals surface area (Å²) in [4.78, 5) is 10.8. The zero-order valence-corrected chi connectivity index (χ0v) is 9.18. The first-order valence-electron chi connectivity index (χ1n) is 4.71.